The summed E-state index contributed by atoms with van der Waals surface area (Å²) >= 11 is 3.38. The van der Waals surface area contributed by atoms with E-state index in [1.807, 2.05) is 31.2 Å². The van der Waals surface area contributed by atoms with Crippen molar-refractivity contribution >= 4 is 21.9 Å². The van der Waals surface area contributed by atoms with Crippen LogP contribution in [0, 0.1) is 0 Å². The summed E-state index contributed by atoms with van der Waals surface area (Å²) < 4.78 is 10.3. The van der Waals surface area contributed by atoms with Crippen LogP contribution in [-0.4, -0.2) is 25.0 Å². The molecule has 0 amide bonds. The van der Waals surface area contributed by atoms with Crippen LogP contribution in [0.3, 0.4) is 0 Å². The highest BCUT2D eigenvalue weighted by molar-refractivity contribution is 9.09. The monoisotopic (exact) mass is 314 g/mol. The Labute approximate surface area is 117 Å². The third-order valence-electron chi connectivity index (χ3n) is 2.73. The summed E-state index contributed by atoms with van der Waals surface area (Å²) in [6, 6.07) is 7.59. The fourth-order valence-corrected chi connectivity index (χ4v) is 1.95. The molecule has 1 rings (SSSR count). The SMILES string of the molecule is COC(=O)C(C)c1ccc(OCCCCBr)cc1. The second-order valence-corrected chi connectivity index (χ2v) is 4.85. The minimum atomic E-state index is -0.238. The summed E-state index contributed by atoms with van der Waals surface area (Å²) in [7, 11) is 1.40. The van der Waals surface area contributed by atoms with Crippen LogP contribution in [0.25, 0.3) is 0 Å². The molecule has 0 aromatic heterocycles. The molecule has 0 saturated heterocycles. The van der Waals surface area contributed by atoms with Gasteiger partial charge < -0.3 is 9.47 Å². The van der Waals surface area contributed by atoms with Gasteiger partial charge in [0.1, 0.15) is 5.75 Å². The van der Waals surface area contributed by atoms with Gasteiger partial charge in [-0.2, -0.15) is 0 Å². The normalized spacial score (nSPS) is 11.9. The maximum Gasteiger partial charge on any atom is 0.312 e. The molecule has 100 valence electrons. The standard InChI is InChI=1S/C14H19BrO3/c1-11(14(16)17-2)12-5-7-13(8-6-12)18-10-4-3-9-15/h5-8,11H,3-4,9-10H2,1-2H3. The zero-order valence-electron chi connectivity index (χ0n) is 10.8. The third-order valence-corrected chi connectivity index (χ3v) is 3.29. The van der Waals surface area contributed by atoms with E-state index >= 15 is 0 Å². The van der Waals surface area contributed by atoms with Gasteiger partial charge in [0.15, 0.2) is 0 Å². The number of rotatable bonds is 7. The van der Waals surface area contributed by atoms with E-state index in [4.69, 9.17) is 9.47 Å². The Balaban J connectivity index is 2.49. The Morgan fingerprint density at radius 2 is 1.94 bits per heavy atom. The van der Waals surface area contributed by atoms with Crippen LogP contribution >= 0.6 is 15.9 Å². The Bertz CT molecular complexity index is 362. The first-order valence-corrected chi connectivity index (χ1v) is 7.17. The quantitative estimate of drug-likeness (QED) is 0.439. The van der Waals surface area contributed by atoms with Gasteiger partial charge in [-0.3, -0.25) is 4.79 Å². The average Bonchev–Trinajstić information content (AvgIpc) is 2.42. The number of esters is 1. The van der Waals surface area contributed by atoms with E-state index in [0.29, 0.717) is 0 Å². The Hall–Kier alpha value is -1.03. The number of methoxy groups -OCH3 is 1. The molecule has 3 nitrogen and oxygen atoms in total. The molecule has 0 radical (unpaired) electrons. The third kappa shape index (κ3) is 4.69. The molecule has 1 aromatic carbocycles. The lowest BCUT2D eigenvalue weighted by Crippen LogP contribution is -2.10. The van der Waals surface area contributed by atoms with Crippen molar-refractivity contribution in [1.29, 1.82) is 0 Å². The van der Waals surface area contributed by atoms with E-state index in [1.165, 1.54) is 7.11 Å². The number of halogens is 1. The molecule has 1 atom stereocenters. The van der Waals surface area contributed by atoms with E-state index in [1.54, 1.807) is 0 Å². The van der Waals surface area contributed by atoms with Crippen molar-refractivity contribution in [2.45, 2.75) is 25.7 Å². The predicted molar refractivity (Wildman–Crippen MR) is 75.4 cm³/mol. The van der Waals surface area contributed by atoms with Crippen molar-refractivity contribution in [2.24, 2.45) is 0 Å². The molecule has 0 bridgehead atoms. The predicted octanol–water partition coefficient (Wildman–Crippen LogP) is 3.52. The molecule has 0 aliphatic carbocycles. The van der Waals surface area contributed by atoms with Gasteiger partial charge in [0.25, 0.3) is 0 Å². The van der Waals surface area contributed by atoms with Gasteiger partial charge in [-0.25, -0.2) is 0 Å². The van der Waals surface area contributed by atoms with E-state index in [-0.39, 0.29) is 11.9 Å². The van der Waals surface area contributed by atoms with Gasteiger partial charge in [0.05, 0.1) is 19.6 Å². The molecule has 0 fully saturated rings. The molecule has 4 heteroatoms. The number of alkyl halides is 1. The van der Waals surface area contributed by atoms with Crippen LogP contribution in [0.2, 0.25) is 0 Å². The average molecular weight is 315 g/mol. The fourth-order valence-electron chi connectivity index (χ4n) is 1.55. The molecule has 0 saturated carbocycles. The maximum atomic E-state index is 11.4. The van der Waals surface area contributed by atoms with Crippen molar-refractivity contribution in [3.63, 3.8) is 0 Å². The van der Waals surface area contributed by atoms with Crippen molar-refractivity contribution in [2.75, 3.05) is 19.0 Å². The van der Waals surface area contributed by atoms with Crippen LogP contribution in [0.15, 0.2) is 24.3 Å². The van der Waals surface area contributed by atoms with Gasteiger partial charge in [-0.1, -0.05) is 28.1 Å². The van der Waals surface area contributed by atoms with E-state index in [0.717, 1.165) is 36.1 Å². The molecule has 0 aliphatic heterocycles. The minimum Gasteiger partial charge on any atom is -0.494 e. The highest BCUT2D eigenvalue weighted by Crippen LogP contribution is 2.20. The lowest BCUT2D eigenvalue weighted by molar-refractivity contribution is -0.141. The Morgan fingerprint density at radius 3 is 2.50 bits per heavy atom. The van der Waals surface area contributed by atoms with Gasteiger partial charge in [0, 0.05) is 5.33 Å². The lowest BCUT2D eigenvalue weighted by Gasteiger charge is -2.10. The summed E-state index contributed by atoms with van der Waals surface area (Å²) in [6.45, 7) is 2.55. The Morgan fingerprint density at radius 1 is 1.28 bits per heavy atom. The van der Waals surface area contributed by atoms with Gasteiger partial charge in [0.2, 0.25) is 0 Å². The van der Waals surface area contributed by atoms with Crippen LogP contribution in [0.4, 0.5) is 0 Å². The molecule has 0 aliphatic rings. The number of ether oxygens (including phenoxy) is 2. The molecule has 18 heavy (non-hydrogen) atoms. The molecular formula is C14H19BrO3. The van der Waals surface area contributed by atoms with Gasteiger partial charge in [-0.15, -0.1) is 0 Å². The fraction of sp³-hybridized carbons (Fsp3) is 0.500. The van der Waals surface area contributed by atoms with Crippen LogP contribution < -0.4 is 4.74 Å². The molecule has 1 unspecified atom stereocenters. The topological polar surface area (TPSA) is 35.5 Å². The molecule has 0 spiro atoms. The van der Waals surface area contributed by atoms with E-state index in [2.05, 4.69) is 15.9 Å². The van der Waals surface area contributed by atoms with Gasteiger partial charge in [-0.05, 0) is 37.5 Å². The van der Waals surface area contributed by atoms with Crippen molar-refractivity contribution in [3.8, 4) is 5.75 Å². The first-order valence-electron chi connectivity index (χ1n) is 6.05. The van der Waals surface area contributed by atoms with Crippen LogP contribution in [0.5, 0.6) is 5.75 Å². The van der Waals surface area contributed by atoms with E-state index in [9.17, 15) is 4.79 Å². The number of benzene rings is 1. The zero-order valence-corrected chi connectivity index (χ0v) is 12.4. The maximum absolute atomic E-state index is 11.4. The molecule has 0 N–H and O–H groups in total. The Kier molecular flexibility index (Phi) is 6.80. The number of hydrogen-bond acceptors (Lipinski definition) is 3. The molecule has 1 aromatic rings. The lowest BCUT2D eigenvalue weighted by atomic mass is 10.0. The number of carbonyl (C=O) groups excluding carboxylic acids is 1. The number of unbranched alkanes of at least 4 members (excludes halogenated alkanes) is 1. The summed E-state index contributed by atoms with van der Waals surface area (Å²) in [5.74, 6) is 0.379. The summed E-state index contributed by atoms with van der Waals surface area (Å²) in [5.41, 5.74) is 0.939. The number of hydrogen-bond donors (Lipinski definition) is 0. The summed E-state index contributed by atoms with van der Waals surface area (Å²) in [4.78, 5) is 11.4. The highest BCUT2D eigenvalue weighted by Gasteiger charge is 2.15. The zero-order chi connectivity index (χ0) is 13.4. The highest BCUT2D eigenvalue weighted by atomic mass is 79.9. The largest absolute Gasteiger partial charge is 0.494 e. The van der Waals surface area contributed by atoms with Crippen molar-refractivity contribution in [1.82, 2.24) is 0 Å². The smallest absolute Gasteiger partial charge is 0.312 e. The molecular weight excluding hydrogens is 296 g/mol. The van der Waals surface area contributed by atoms with Gasteiger partial charge >= 0.3 is 5.97 Å². The van der Waals surface area contributed by atoms with E-state index < -0.39 is 0 Å². The second-order valence-electron chi connectivity index (χ2n) is 4.06. The van der Waals surface area contributed by atoms with Crippen LogP contribution in [-0.2, 0) is 9.53 Å². The molecule has 0 heterocycles. The van der Waals surface area contributed by atoms with Crippen molar-refractivity contribution in [3.05, 3.63) is 29.8 Å². The second kappa shape index (κ2) is 8.14. The minimum absolute atomic E-state index is 0.221. The number of carbonyl (C=O) groups is 1. The first-order chi connectivity index (χ1) is 8.69. The first kappa shape index (κ1) is 15.0. The summed E-state index contributed by atoms with van der Waals surface area (Å²) in [6.07, 6.45) is 2.14. The van der Waals surface area contributed by atoms with Crippen LogP contribution in [0.1, 0.15) is 31.2 Å². The van der Waals surface area contributed by atoms with Crippen molar-refractivity contribution < 1.29 is 14.3 Å². The summed E-state index contributed by atoms with van der Waals surface area (Å²) in [5, 5.41) is 1.01.